The number of esters is 1. The van der Waals surface area contributed by atoms with Crippen LogP contribution in [0.3, 0.4) is 0 Å². The van der Waals surface area contributed by atoms with Gasteiger partial charge < -0.3 is 9.84 Å². The van der Waals surface area contributed by atoms with E-state index in [0.717, 1.165) is 23.5 Å². The molecular formula is C25H19F3N2O5S. The minimum absolute atomic E-state index is 0.0413. The van der Waals surface area contributed by atoms with Gasteiger partial charge in [-0.1, -0.05) is 35.6 Å². The maximum absolute atomic E-state index is 13.5. The summed E-state index contributed by atoms with van der Waals surface area (Å²) in [6.07, 6.45) is -3.05. The number of halogens is 3. The highest BCUT2D eigenvalue weighted by Crippen LogP contribution is 2.34. The van der Waals surface area contributed by atoms with E-state index in [9.17, 15) is 32.7 Å². The number of benzene rings is 2. The molecule has 4 rings (SSSR count). The molecule has 2 heterocycles. The molecule has 0 saturated heterocycles. The molecule has 7 nitrogen and oxygen atoms in total. The zero-order valence-corrected chi connectivity index (χ0v) is 19.8. The van der Waals surface area contributed by atoms with Crippen LogP contribution in [-0.4, -0.2) is 28.2 Å². The van der Waals surface area contributed by atoms with E-state index in [-0.39, 0.29) is 38.3 Å². The quantitative estimate of drug-likeness (QED) is 0.524. The van der Waals surface area contributed by atoms with Gasteiger partial charge in [-0.15, -0.1) is 0 Å². The first-order valence-corrected chi connectivity index (χ1v) is 11.5. The molecule has 36 heavy (non-hydrogen) atoms. The second kappa shape index (κ2) is 9.57. The van der Waals surface area contributed by atoms with Gasteiger partial charge in [0.25, 0.3) is 5.56 Å². The van der Waals surface area contributed by atoms with Crippen molar-refractivity contribution in [3.05, 3.63) is 102 Å². The Bertz CT molecular complexity index is 1570. The number of hydrogen-bond acceptors (Lipinski definition) is 6. The Morgan fingerprint density at radius 2 is 1.89 bits per heavy atom. The first-order chi connectivity index (χ1) is 17.0. The predicted octanol–water partition coefficient (Wildman–Crippen LogP) is 3.52. The topological polar surface area (TPSA) is 98.0 Å². The maximum Gasteiger partial charge on any atom is 0.416 e. The van der Waals surface area contributed by atoms with Crippen LogP contribution in [0, 0.1) is 0 Å². The molecule has 1 aliphatic heterocycles. The third-order valence-electron chi connectivity index (χ3n) is 5.50. The lowest BCUT2D eigenvalue weighted by Gasteiger charge is -2.25. The summed E-state index contributed by atoms with van der Waals surface area (Å²) in [5, 5.41) is 9.24. The number of carboxylic acids is 1. The van der Waals surface area contributed by atoms with Crippen molar-refractivity contribution in [1.29, 1.82) is 0 Å². The normalized spacial score (nSPS) is 15.9. The Morgan fingerprint density at radius 3 is 2.50 bits per heavy atom. The standard InChI is InChI=1S/C25H19F3N2O5S/c1-3-35-23(34)19-13(2)29-24-30(20(19)15-7-9-17(10-8-15)25(26,27)28)21(31)18(36-24)12-14-5-4-6-16(11-14)22(32)33/h4-12,20H,3H2,1-2H3,(H,32,33)/b18-12+. The van der Waals surface area contributed by atoms with Crippen LogP contribution in [0.4, 0.5) is 13.2 Å². The zero-order chi connectivity index (χ0) is 26.2. The Hall–Kier alpha value is -3.99. The molecule has 1 N–H and O–H groups in total. The fraction of sp³-hybridized carbons (Fsp3) is 0.200. The van der Waals surface area contributed by atoms with E-state index in [1.165, 1.54) is 34.9 Å². The molecule has 1 atom stereocenters. The lowest BCUT2D eigenvalue weighted by molar-refractivity contribution is -0.139. The number of aromatic carboxylic acids is 1. The number of ether oxygens (including phenoxy) is 1. The number of allylic oxidation sites excluding steroid dienone is 1. The molecule has 0 saturated carbocycles. The summed E-state index contributed by atoms with van der Waals surface area (Å²) in [6, 6.07) is 9.16. The van der Waals surface area contributed by atoms with Gasteiger partial charge >= 0.3 is 18.1 Å². The van der Waals surface area contributed by atoms with E-state index in [4.69, 9.17) is 4.74 Å². The Balaban J connectivity index is 1.92. The summed E-state index contributed by atoms with van der Waals surface area (Å²) in [5.41, 5.74) is -0.287. The lowest BCUT2D eigenvalue weighted by atomic mass is 9.95. The second-order valence-electron chi connectivity index (χ2n) is 7.85. The monoisotopic (exact) mass is 516 g/mol. The number of carboxylic acid groups (broad SMARTS) is 1. The fourth-order valence-corrected chi connectivity index (χ4v) is 4.92. The molecule has 0 amide bonds. The summed E-state index contributed by atoms with van der Waals surface area (Å²) < 4.78 is 46.0. The van der Waals surface area contributed by atoms with Gasteiger partial charge in [0, 0.05) is 0 Å². The number of thiazole rings is 1. The summed E-state index contributed by atoms with van der Waals surface area (Å²) >= 11 is 1.02. The van der Waals surface area contributed by atoms with Crippen LogP contribution in [0.1, 0.15) is 46.9 Å². The van der Waals surface area contributed by atoms with Crippen molar-refractivity contribution in [2.24, 2.45) is 4.99 Å². The number of hydrogen-bond donors (Lipinski definition) is 1. The summed E-state index contributed by atoms with van der Waals surface area (Å²) in [4.78, 5) is 42.3. The van der Waals surface area contributed by atoms with E-state index in [2.05, 4.69) is 4.99 Å². The fourth-order valence-electron chi connectivity index (χ4n) is 3.87. The van der Waals surface area contributed by atoms with Crippen molar-refractivity contribution in [3.63, 3.8) is 0 Å². The van der Waals surface area contributed by atoms with Gasteiger partial charge in [-0.05, 0) is 55.3 Å². The van der Waals surface area contributed by atoms with E-state index < -0.39 is 35.3 Å². The number of aromatic nitrogens is 1. The number of carbonyl (C=O) groups is 2. The number of fused-ring (bicyclic) bond motifs is 1. The molecule has 0 radical (unpaired) electrons. The van der Waals surface area contributed by atoms with Gasteiger partial charge in [0.05, 0.1) is 39.6 Å². The average molecular weight is 516 g/mol. The van der Waals surface area contributed by atoms with Crippen LogP contribution in [0.25, 0.3) is 6.08 Å². The molecule has 0 bridgehead atoms. The van der Waals surface area contributed by atoms with Crippen LogP contribution in [-0.2, 0) is 15.7 Å². The highest BCUT2D eigenvalue weighted by atomic mass is 32.1. The van der Waals surface area contributed by atoms with Crippen molar-refractivity contribution in [2.45, 2.75) is 26.1 Å². The predicted molar refractivity (Wildman–Crippen MR) is 125 cm³/mol. The van der Waals surface area contributed by atoms with Gasteiger partial charge in [-0.2, -0.15) is 13.2 Å². The molecule has 0 fully saturated rings. The maximum atomic E-state index is 13.5. The van der Waals surface area contributed by atoms with Crippen LogP contribution in [0.5, 0.6) is 0 Å². The number of rotatable bonds is 5. The van der Waals surface area contributed by atoms with Crippen molar-refractivity contribution < 1.29 is 32.6 Å². The van der Waals surface area contributed by atoms with Gasteiger partial charge in [0.1, 0.15) is 0 Å². The molecule has 0 spiro atoms. The van der Waals surface area contributed by atoms with Gasteiger partial charge in [-0.25, -0.2) is 14.6 Å². The SMILES string of the molecule is CCOC(=O)C1=C(C)N=c2s/c(=C/c3cccc(C(=O)O)c3)c(=O)n2C1c1ccc(C(F)(F)F)cc1. The largest absolute Gasteiger partial charge is 0.478 e. The Morgan fingerprint density at radius 1 is 1.19 bits per heavy atom. The first kappa shape index (κ1) is 25.1. The number of carbonyl (C=O) groups excluding carboxylic acids is 1. The minimum atomic E-state index is -4.55. The Labute approximate surface area is 206 Å². The van der Waals surface area contributed by atoms with Crippen molar-refractivity contribution in [1.82, 2.24) is 4.57 Å². The molecule has 3 aromatic rings. The summed E-state index contributed by atoms with van der Waals surface area (Å²) in [7, 11) is 0. The first-order valence-electron chi connectivity index (χ1n) is 10.7. The van der Waals surface area contributed by atoms with Crippen molar-refractivity contribution >= 4 is 29.4 Å². The average Bonchev–Trinajstić information content (AvgIpc) is 3.12. The van der Waals surface area contributed by atoms with Gasteiger partial charge in [-0.3, -0.25) is 9.36 Å². The van der Waals surface area contributed by atoms with Crippen LogP contribution >= 0.6 is 11.3 Å². The zero-order valence-electron chi connectivity index (χ0n) is 19.0. The summed E-state index contributed by atoms with van der Waals surface area (Å²) in [5.74, 6) is -1.85. The third-order valence-corrected chi connectivity index (χ3v) is 6.49. The summed E-state index contributed by atoms with van der Waals surface area (Å²) in [6.45, 7) is 3.23. The molecule has 1 unspecified atom stereocenters. The smallest absolute Gasteiger partial charge is 0.416 e. The number of alkyl halides is 3. The van der Waals surface area contributed by atoms with Crippen LogP contribution < -0.4 is 14.9 Å². The number of nitrogens with zero attached hydrogens (tertiary/aromatic N) is 2. The van der Waals surface area contributed by atoms with E-state index in [1.807, 2.05) is 0 Å². The molecule has 11 heteroatoms. The van der Waals surface area contributed by atoms with Crippen LogP contribution in [0.15, 0.2) is 69.6 Å². The van der Waals surface area contributed by atoms with Crippen molar-refractivity contribution in [2.75, 3.05) is 6.61 Å². The molecule has 186 valence electrons. The van der Waals surface area contributed by atoms with Gasteiger partial charge in [0.2, 0.25) is 0 Å². The van der Waals surface area contributed by atoms with Gasteiger partial charge in [0.15, 0.2) is 4.80 Å². The second-order valence-corrected chi connectivity index (χ2v) is 8.86. The van der Waals surface area contributed by atoms with E-state index in [0.29, 0.717) is 5.56 Å². The van der Waals surface area contributed by atoms with E-state index >= 15 is 0 Å². The molecular weight excluding hydrogens is 497 g/mol. The minimum Gasteiger partial charge on any atom is -0.478 e. The van der Waals surface area contributed by atoms with Crippen molar-refractivity contribution in [3.8, 4) is 0 Å². The lowest BCUT2D eigenvalue weighted by Crippen LogP contribution is -2.40. The third kappa shape index (κ3) is 4.74. The molecule has 0 aliphatic carbocycles. The van der Waals surface area contributed by atoms with Crippen LogP contribution in [0.2, 0.25) is 0 Å². The highest BCUT2D eigenvalue weighted by molar-refractivity contribution is 7.07. The molecule has 1 aromatic heterocycles. The highest BCUT2D eigenvalue weighted by Gasteiger charge is 2.35. The molecule has 1 aliphatic rings. The molecule has 2 aromatic carbocycles. The Kier molecular flexibility index (Phi) is 6.68. The van der Waals surface area contributed by atoms with E-state index in [1.54, 1.807) is 26.0 Å².